The fourth-order valence-corrected chi connectivity index (χ4v) is 1.68. The number of nitrogens with one attached hydrogen (secondary N) is 1. The molecule has 3 nitrogen and oxygen atoms in total. The molecule has 0 radical (unpaired) electrons. The summed E-state index contributed by atoms with van der Waals surface area (Å²) < 4.78 is 0. The third-order valence-electron chi connectivity index (χ3n) is 2.39. The van der Waals surface area contributed by atoms with E-state index in [1.54, 1.807) is 6.92 Å². The molecule has 2 rings (SSSR count). The minimum Gasteiger partial charge on any atom is -0.309 e. The Bertz CT molecular complexity index is 370. The zero-order chi connectivity index (χ0) is 9.97. The highest BCUT2D eigenvalue weighted by Crippen LogP contribution is 2.20. The van der Waals surface area contributed by atoms with Gasteiger partial charge in [-0.15, -0.1) is 0 Å². The van der Waals surface area contributed by atoms with Gasteiger partial charge in [0.25, 0.3) is 0 Å². The molecule has 14 heavy (non-hydrogen) atoms. The lowest BCUT2D eigenvalue weighted by molar-refractivity contribution is -0.111. The van der Waals surface area contributed by atoms with Gasteiger partial charge in [0.15, 0.2) is 5.78 Å². The summed E-state index contributed by atoms with van der Waals surface area (Å²) in [4.78, 5) is 11.3. The molecule has 1 heterocycles. The number of ketones is 1. The minimum absolute atomic E-state index is 0.0452. The highest BCUT2D eigenvalue weighted by atomic mass is 16.1. The largest absolute Gasteiger partial charge is 0.309 e. The van der Waals surface area contributed by atoms with Crippen LogP contribution in [0.15, 0.2) is 35.4 Å². The van der Waals surface area contributed by atoms with Crippen LogP contribution in [0.5, 0.6) is 0 Å². The summed E-state index contributed by atoms with van der Waals surface area (Å²) in [6.07, 6.45) is 0. The van der Waals surface area contributed by atoms with Gasteiger partial charge in [0.2, 0.25) is 0 Å². The second-order valence-corrected chi connectivity index (χ2v) is 3.38. The van der Waals surface area contributed by atoms with Crippen molar-refractivity contribution in [1.82, 2.24) is 5.43 Å². The Morgan fingerprint density at radius 1 is 1.43 bits per heavy atom. The van der Waals surface area contributed by atoms with Gasteiger partial charge in [-0.2, -0.15) is 5.10 Å². The lowest BCUT2D eigenvalue weighted by Crippen LogP contribution is -2.18. The molecule has 0 aromatic heterocycles. The second-order valence-electron chi connectivity index (χ2n) is 3.38. The zero-order valence-corrected chi connectivity index (χ0v) is 8.03. The average Bonchev–Trinajstić information content (AvgIpc) is 2.67. The second kappa shape index (κ2) is 3.62. The van der Waals surface area contributed by atoms with Crippen LogP contribution in [0.25, 0.3) is 0 Å². The Kier molecular flexibility index (Phi) is 2.31. The van der Waals surface area contributed by atoms with E-state index in [0.29, 0.717) is 5.71 Å². The average molecular weight is 188 g/mol. The Balaban J connectivity index is 2.29. The predicted octanol–water partition coefficient (Wildman–Crippen LogP) is 1.32. The van der Waals surface area contributed by atoms with Crippen LogP contribution in [-0.2, 0) is 4.79 Å². The van der Waals surface area contributed by atoms with E-state index in [4.69, 9.17) is 0 Å². The van der Waals surface area contributed by atoms with Crippen molar-refractivity contribution in [1.29, 1.82) is 0 Å². The van der Waals surface area contributed by atoms with Crippen LogP contribution in [-0.4, -0.2) is 18.0 Å². The molecule has 1 aliphatic heterocycles. The molecule has 1 N–H and O–H groups in total. The fraction of sp³-hybridized carbons (Fsp3) is 0.273. The molecular formula is C11H12N2O. The molecule has 1 atom stereocenters. The normalized spacial score (nSPS) is 20.1. The van der Waals surface area contributed by atoms with Crippen molar-refractivity contribution in [2.75, 3.05) is 6.54 Å². The first kappa shape index (κ1) is 8.94. The van der Waals surface area contributed by atoms with Crippen molar-refractivity contribution in [2.45, 2.75) is 12.8 Å². The van der Waals surface area contributed by atoms with Crippen molar-refractivity contribution < 1.29 is 4.79 Å². The first-order valence-corrected chi connectivity index (χ1v) is 4.65. The number of hydrogen-bond donors (Lipinski definition) is 1. The maximum atomic E-state index is 11.3. The summed E-state index contributed by atoms with van der Waals surface area (Å²) in [6.45, 7) is 2.28. The number of benzene rings is 1. The molecule has 0 aliphatic carbocycles. The molecule has 0 spiro atoms. The van der Waals surface area contributed by atoms with Crippen molar-refractivity contribution in [2.24, 2.45) is 5.10 Å². The van der Waals surface area contributed by atoms with Gasteiger partial charge in [-0.3, -0.25) is 4.79 Å². The monoisotopic (exact) mass is 188 g/mol. The van der Waals surface area contributed by atoms with E-state index in [-0.39, 0.29) is 11.7 Å². The number of hydrazone groups is 1. The summed E-state index contributed by atoms with van der Waals surface area (Å²) >= 11 is 0. The van der Waals surface area contributed by atoms with E-state index in [1.807, 2.05) is 30.3 Å². The maximum Gasteiger partial charge on any atom is 0.176 e. The van der Waals surface area contributed by atoms with Crippen molar-refractivity contribution in [3.05, 3.63) is 35.9 Å². The number of rotatable bonds is 2. The van der Waals surface area contributed by atoms with E-state index < -0.39 is 0 Å². The lowest BCUT2D eigenvalue weighted by Gasteiger charge is -2.09. The number of carbonyl (C=O) groups is 1. The zero-order valence-electron chi connectivity index (χ0n) is 8.03. The molecule has 0 bridgehead atoms. The molecule has 0 amide bonds. The highest BCUT2D eigenvalue weighted by Gasteiger charge is 2.25. The van der Waals surface area contributed by atoms with Crippen LogP contribution >= 0.6 is 0 Å². The number of nitrogens with zero attached hydrogens (tertiary/aromatic N) is 1. The van der Waals surface area contributed by atoms with Gasteiger partial charge in [0.05, 0.1) is 5.92 Å². The number of hydrogen-bond acceptors (Lipinski definition) is 3. The lowest BCUT2D eigenvalue weighted by atomic mass is 9.93. The van der Waals surface area contributed by atoms with Gasteiger partial charge in [-0.25, -0.2) is 0 Å². The molecule has 1 unspecified atom stereocenters. The molecule has 0 fully saturated rings. The standard InChI is InChI=1S/C11H12N2O/c1-8(14)11-10(7-12-13-11)9-5-3-2-4-6-9/h2-6,10,12H,7H2,1H3. The molecule has 0 saturated carbocycles. The summed E-state index contributed by atoms with van der Waals surface area (Å²) in [7, 11) is 0. The molecule has 3 heteroatoms. The third kappa shape index (κ3) is 1.53. The first-order valence-electron chi connectivity index (χ1n) is 4.65. The van der Waals surface area contributed by atoms with Crippen LogP contribution < -0.4 is 5.43 Å². The quantitative estimate of drug-likeness (QED) is 0.760. The Labute approximate surface area is 82.8 Å². The Hall–Kier alpha value is -1.64. The van der Waals surface area contributed by atoms with Crippen molar-refractivity contribution >= 4 is 11.5 Å². The van der Waals surface area contributed by atoms with E-state index in [0.717, 1.165) is 12.1 Å². The summed E-state index contributed by atoms with van der Waals surface area (Å²) in [6, 6.07) is 9.97. The molecule has 0 saturated heterocycles. The molecule has 1 aromatic rings. The number of Topliss-reactive ketones (excluding diaryl/α,β-unsaturated/α-hetero) is 1. The van der Waals surface area contributed by atoms with Crippen LogP contribution in [0.2, 0.25) is 0 Å². The van der Waals surface area contributed by atoms with Gasteiger partial charge in [0, 0.05) is 13.5 Å². The SMILES string of the molecule is CC(=O)C1=NNCC1c1ccccc1. The molecule has 1 aliphatic rings. The van der Waals surface area contributed by atoms with E-state index in [9.17, 15) is 4.79 Å². The summed E-state index contributed by atoms with van der Waals surface area (Å²) in [5.74, 6) is 0.164. The predicted molar refractivity (Wildman–Crippen MR) is 55.3 cm³/mol. The van der Waals surface area contributed by atoms with Gasteiger partial charge in [-0.1, -0.05) is 30.3 Å². The maximum absolute atomic E-state index is 11.3. The topological polar surface area (TPSA) is 41.5 Å². The van der Waals surface area contributed by atoms with Gasteiger partial charge in [-0.05, 0) is 5.56 Å². The van der Waals surface area contributed by atoms with E-state index >= 15 is 0 Å². The van der Waals surface area contributed by atoms with Crippen LogP contribution in [0, 0.1) is 0 Å². The van der Waals surface area contributed by atoms with E-state index in [1.165, 1.54) is 0 Å². The Morgan fingerprint density at radius 2 is 2.14 bits per heavy atom. The molecule has 1 aromatic carbocycles. The number of carbonyl (C=O) groups excluding carboxylic acids is 1. The Morgan fingerprint density at radius 3 is 2.79 bits per heavy atom. The smallest absolute Gasteiger partial charge is 0.176 e. The highest BCUT2D eigenvalue weighted by molar-refractivity contribution is 6.41. The minimum atomic E-state index is 0.0452. The van der Waals surface area contributed by atoms with Crippen LogP contribution in [0.1, 0.15) is 18.4 Å². The van der Waals surface area contributed by atoms with Crippen LogP contribution in [0.3, 0.4) is 0 Å². The van der Waals surface area contributed by atoms with Gasteiger partial charge >= 0.3 is 0 Å². The fourth-order valence-electron chi connectivity index (χ4n) is 1.68. The van der Waals surface area contributed by atoms with Gasteiger partial charge in [0.1, 0.15) is 5.71 Å². The summed E-state index contributed by atoms with van der Waals surface area (Å²) in [5.41, 5.74) is 4.65. The molecular weight excluding hydrogens is 176 g/mol. The summed E-state index contributed by atoms with van der Waals surface area (Å²) in [5, 5.41) is 4.01. The first-order chi connectivity index (χ1) is 6.79. The third-order valence-corrected chi connectivity index (χ3v) is 2.39. The van der Waals surface area contributed by atoms with Crippen molar-refractivity contribution in [3.63, 3.8) is 0 Å². The van der Waals surface area contributed by atoms with E-state index in [2.05, 4.69) is 10.5 Å². The molecule has 72 valence electrons. The van der Waals surface area contributed by atoms with Crippen molar-refractivity contribution in [3.8, 4) is 0 Å². The van der Waals surface area contributed by atoms with Gasteiger partial charge < -0.3 is 5.43 Å². The van der Waals surface area contributed by atoms with Crippen LogP contribution in [0.4, 0.5) is 0 Å².